The summed E-state index contributed by atoms with van der Waals surface area (Å²) >= 11 is 0. The van der Waals surface area contributed by atoms with Gasteiger partial charge in [-0.25, -0.2) is 15.0 Å². The highest BCUT2D eigenvalue weighted by Crippen LogP contribution is 2.39. The summed E-state index contributed by atoms with van der Waals surface area (Å²) in [5.74, 6) is 1.67. The van der Waals surface area contributed by atoms with Gasteiger partial charge in [-0.2, -0.15) is 5.26 Å². The number of fused-ring (bicyclic) bond motifs is 6. The summed E-state index contributed by atoms with van der Waals surface area (Å²) < 4.78 is 6.58. The Morgan fingerprint density at radius 1 is 0.356 bits per heavy atom. The minimum Gasteiger partial charge on any atom is -0.456 e. The molecule has 0 radical (unpaired) electrons. The molecular formula is C54H32N4O. The molecule has 11 aromatic rings. The minimum absolute atomic E-state index is 0.542. The molecule has 0 saturated heterocycles. The van der Waals surface area contributed by atoms with Crippen LogP contribution >= 0.6 is 0 Å². The average molecular weight is 753 g/mol. The predicted molar refractivity (Wildman–Crippen MR) is 239 cm³/mol. The molecule has 0 aliphatic carbocycles. The molecule has 5 heteroatoms. The summed E-state index contributed by atoms with van der Waals surface area (Å²) in [6.45, 7) is 0. The summed E-state index contributed by atoms with van der Waals surface area (Å²) in [7, 11) is 0. The summed E-state index contributed by atoms with van der Waals surface area (Å²) in [4.78, 5) is 15.3. The van der Waals surface area contributed by atoms with Crippen LogP contribution in [0.1, 0.15) is 5.56 Å². The number of aromatic nitrogens is 3. The highest BCUT2D eigenvalue weighted by molar-refractivity contribution is 6.13. The van der Waals surface area contributed by atoms with Gasteiger partial charge in [0.1, 0.15) is 11.2 Å². The first kappa shape index (κ1) is 34.1. The third kappa shape index (κ3) is 6.08. The standard InChI is InChI=1S/C54H32N4O/c55-33-43-13-5-6-16-44(43)36-20-23-37(24-21-36)52-56-53(41-26-28-46-40(31-41)25-22-35-12-4-7-17-45(35)46)58-54(57-52)42-27-29-48-50(32-42)59-49-19-9-18-47(51(48)49)39-15-8-14-38(30-39)34-10-2-1-3-11-34/h1-32H. The van der Waals surface area contributed by atoms with Crippen molar-refractivity contribution in [3.8, 4) is 73.6 Å². The quantitative estimate of drug-likeness (QED) is 0.158. The van der Waals surface area contributed by atoms with Gasteiger partial charge in [0, 0.05) is 27.5 Å². The van der Waals surface area contributed by atoms with Gasteiger partial charge in [0.25, 0.3) is 0 Å². The lowest BCUT2D eigenvalue weighted by Gasteiger charge is -2.11. The van der Waals surface area contributed by atoms with E-state index in [1.54, 1.807) is 0 Å². The maximum Gasteiger partial charge on any atom is 0.164 e. The maximum absolute atomic E-state index is 9.75. The third-order valence-corrected chi connectivity index (χ3v) is 11.2. The van der Waals surface area contributed by atoms with Crippen molar-refractivity contribution in [1.29, 1.82) is 5.26 Å². The monoisotopic (exact) mass is 752 g/mol. The lowest BCUT2D eigenvalue weighted by molar-refractivity contribution is 0.669. The van der Waals surface area contributed by atoms with Crippen molar-refractivity contribution in [2.45, 2.75) is 0 Å². The zero-order chi connectivity index (χ0) is 39.3. The lowest BCUT2D eigenvalue weighted by atomic mass is 9.96. The molecule has 0 unspecified atom stereocenters. The lowest BCUT2D eigenvalue weighted by Crippen LogP contribution is -2.00. The molecule has 0 bridgehead atoms. The van der Waals surface area contributed by atoms with Crippen LogP contribution < -0.4 is 0 Å². The van der Waals surface area contributed by atoms with Gasteiger partial charge in [0.05, 0.1) is 11.6 Å². The first-order valence-electron chi connectivity index (χ1n) is 19.6. The van der Waals surface area contributed by atoms with Crippen molar-refractivity contribution < 1.29 is 4.42 Å². The van der Waals surface area contributed by atoms with Gasteiger partial charge >= 0.3 is 0 Å². The fourth-order valence-electron chi connectivity index (χ4n) is 8.25. The minimum atomic E-state index is 0.542. The number of rotatable bonds is 6. The summed E-state index contributed by atoms with van der Waals surface area (Å²) in [5, 5.41) is 16.5. The van der Waals surface area contributed by atoms with Gasteiger partial charge in [-0.05, 0) is 91.3 Å². The molecule has 0 saturated carbocycles. The fraction of sp³-hybridized carbons (Fsp3) is 0. The van der Waals surface area contributed by atoms with Crippen molar-refractivity contribution >= 4 is 43.5 Å². The molecule has 0 amide bonds. The molecule has 0 aliphatic rings. The first-order valence-corrected chi connectivity index (χ1v) is 19.6. The molecule has 59 heavy (non-hydrogen) atoms. The van der Waals surface area contributed by atoms with E-state index in [0.717, 1.165) is 71.8 Å². The number of furan rings is 1. The molecule has 2 aromatic heterocycles. The molecule has 11 rings (SSSR count). The van der Waals surface area contributed by atoms with Gasteiger partial charge in [-0.3, -0.25) is 0 Å². The fourth-order valence-corrected chi connectivity index (χ4v) is 8.25. The summed E-state index contributed by atoms with van der Waals surface area (Å²) in [5.41, 5.74) is 11.2. The van der Waals surface area contributed by atoms with Crippen LogP contribution in [0, 0.1) is 11.3 Å². The Kier molecular flexibility index (Phi) is 8.13. The number of hydrogen-bond acceptors (Lipinski definition) is 5. The van der Waals surface area contributed by atoms with Crippen LogP contribution in [0.4, 0.5) is 0 Å². The third-order valence-electron chi connectivity index (χ3n) is 11.2. The largest absolute Gasteiger partial charge is 0.456 e. The van der Waals surface area contributed by atoms with Crippen LogP contribution in [0.25, 0.3) is 111 Å². The van der Waals surface area contributed by atoms with Crippen molar-refractivity contribution in [1.82, 2.24) is 15.0 Å². The molecule has 0 atom stereocenters. The van der Waals surface area contributed by atoms with Gasteiger partial charge in [-0.15, -0.1) is 0 Å². The van der Waals surface area contributed by atoms with E-state index in [2.05, 4.69) is 133 Å². The van der Waals surface area contributed by atoms with E-state index in [9.17, 15) is 5.26 Å². The number of nitriles is 1. The van der Waals surface area contributed by atoms with Gasteiger partial charge in [0.2, 0.25) is 0 Å². The zero-order valence-corrected chi connectivity index (χ0v) is 31.7. The second-order valence-corrected chi connectivity index (χ2v) is 14.7. The summed E-state index contributed by atoms with van der Waals surface area (Å²) in [6.07, 6.45) is 0. The molecule has 2 heterocycles. The maximum atomic E-state index is 9.75. The topological polar surface area (TPSA) is 75.6 Å². The molecule has 0 spiro atoms. The van der Waals surface area contributed by atoms with Crippen molar-refractivity contribution in [3.05, 3.63) is 200 Å². The Labute approximate surface area is 340 Å². The normalized spacial score (nSPS) is 11.4. The smallest absolute Gasteiger partial charge is 0.164 e. The Balaban J connectivity index is 1.04. The van der Waals surface area contributed by atoms with E-state index in [-0.39, 0.29) is 0 Å². The average Bonchev–Trinajstić information content (AvgIpc) is 3.70. The van der Waals surface area contributed by atoms with E-state index in [4.69, 9.17) is 19.4 Å². The van der Waals surface area contributed by atoms with Crippen LogP contribution in [0.5, 0.6) is 0 Å². The second kappa shape index (κ2) is 14.1. The van der Waals surface area contributed by atoms with Crippen LogP contribution in [0.2, 0.25) is 0 Å². The van der Waals surface area contributed by atoms with Gasteiger partial charge in [-0.1, -0.05) is 158 Å². The van der Waals surface area contributed by atoms with Crippen molar-refractivity contribution in [2.75, 3.05) is 0 Å². The molecule has 0 fully saturated rings. The van der Waals surface area contributed by atoms with E-state index < -0.39 is 0 Å². The van der Waals surface area contributed by atoms with Crippen LogP contribution in [-0.4, -0.2) is 15.0 Å². The van der Waals surface area contributed by atoms with Crippen LogP contribution in [0.15, 0.2) is 199 Å². The molecular weight excluding hydrogens is 721 g/mol. The summed E-state index contributed by atoms with van der Waals surface area (Å²) in [6, 6.07) is 68.8. The van der Waals surface area contributed by atoms with Crippen molar-refractivity contribution in [2.24, 2.45) is 0 Å². The molecule has 9 aromatic carbocycles. The van der Waals surface area contributed by atoms with E-state index in [0.29, 0.717) is 23.0 Å². The zero-order valence-electron chi connectivity index (χ0n) is 31.7. The molecule has 0 aliphatic heterocycles. The Morgan fingerprint density at radius 3 is 1.78 bits per heavy atom. The molecule has 5 nitrogen and oxygen atoms in total. The highest BCUT2D eigenvalue weighted by Gasteiger charge is 2.18. The van der Waals surface area contributed by atoms with Crippen LogP contribution in [-0.2, 0) is 0 Å². The second-order valence-electron chi connectivity index (χ2n) is 14.7. The van der Waals surface area contributed by atoms with Gasteiger partial charge < -0.3 is 4.42 Å². The first-order chi connectivity index (χ1) is 29.2. The number of benzene rings is 9. The Bertz CT molecular complexity index is 3450. The van der Waals surface area contributed by atoms with E-state index in [1.165, 1.54) is 21.7 Å². The van der Waals surface area contributed by atoms with E-state index in [1.807, 2.05) is 66.7 Å². The van der Waals surface area contributed by atoms with Crippen molar-refractivity contribution in [3.63, 3.8) is 0 Å². The molecule has 274 valence electrons. The van der Waals surface area contributed by atoms with Crippen LogP contribution in [0.3, 0.4) is 0 Å². The number of hydrogen-bond donors (Lipinski definition) is 0. The SMILES string of the molecule is N#Cc1ccccc1-c1ccc(-c2nc(-c3ccc4c(ccc5ccccc54)c3)nc(-c3ccc4c(c3)oc3cccc(-c5cccc(-c6ccccc6)c5)c34)n2)cc1. The Hall–Kier alpha value is -8.20. The van der Waals surface area contributed by atoms with E-state index >= 15 is 0 Å². The highest BCUT2D eigenvalue weighted by atomic mass is 16.3. The number of nitrogens with zero attached hydrogens (tertiary/aromatic N) is 4. The predicted octanol–water partition coefficient (Wildman–Crippen LogP) is 14.0. The Morgan fingerprint density at radius 2 is 0.949 bits per heavy atom. The molecule has 0 N–H and O–H groups in total. The van der Waals surface area contributed by atoms with Gasteiger partial charge in [0.15, 0.2) is 17.5 Å².